The molecule has 6 heteroatoms. The number of carbonyl (C=O) groups excluding carboxylic acids is 2. The second-order valence-corrected chi connectivity index (χ2v) is 8.28. The van der Waals surface area contributed by atoms with E-state index in [1.807, 2.05) is 36.1 Å². The van der Waals surface area contributed by atoms with Crippen molar-refractivity contribution < 1.29 is 9.59 Å². The molecule has 2 aromatic rings. The van der Waals surface area contributed by atoms with Gasteiger partial charge in [0.1, 0.15) is 0 Å². The SMILES string of the molecule is Cc1[nH]c2c(c1C(=O)N1CCN(C)CC1)CCC/C2=C1/C(=O)Nc2ccccc21. The summed E-state index contributed by atoms with van der Waals surface area (Å²) in [6.45, 7) is 5.32. The summed E-state index contributed by atoms with van der Waals surface area (Å²) in [6, 6.07) is 7.83. The molecule has 2 amide bonds. The molecule has 1 saturated heterocycles. The van der Waals surface area contributed by atoms with E-state index in [-0.39, 0.29) is 11.8 Å². The number of aromatic amines is 1. The van der Waals surface area contributed by atoms with E-state index in [1.54, 1.807) is 0 Å². The van der Waals surface area contributed by atoms with Gasteiger partial charge in [0.15, 0.2) is 0 Å². The third-order valence-electron chi connectivity index (χ3n) is 6.42. The maximum atomic E-state index is 13.3. The Kier molecular flexibility index (Phi) is 4.32. The number of likely N-dealkylation sites (N-methyl/N-ethyl adjacent to an activating group) is 1. The highest BCUT2D eigenvalue weighted by Gasteiger charge is 2.34. The minimum Gasteiger partial charge on any atom is -0.358 e. The van der Waals surface area contributed by atoms with Crippen LogP contribution in [0.15, 0.2) is 24.3 Å². The van der Waals surface area contributed by atoms with Gasteiger partial charge in [-0.05, 0) is 50.4 Å². The number of H-pyrrole nitrogens is 1. The number of amides is 2. The molecular weight excluding hydrogens is 364 g/mol. The third-order valence-corrected chi connectivity index (χ3v) is 6.42. The highest BCUT2D eigenvalue weighted by atomic mass is 16.2. The summed E-state index contributed by atoms with van der Waals surface area (Å²) >= 11 is 0. The lowest BCUT2D eigenvalue weighted by Crippen LogP contribution is -2.47. The minimum atomic E-state index is -0.0479. The lowest BCUT2D eigenvalue weighted by atomic mass is 9.86. The fraction of sp³-hybridized carbons (Fsp3) is 0.391. The molecule has 1 fully saturated rings. The Morgan fingerprint density at radius 3 is 2.62 bits per heavy atom. The first-order valence-corrected chi connectivity index (χ1v) is 10.4. The average molecular weight is 390 g/mol. The number of fused-ring (bicyclic) bond motifs is 2. The number of anilines is 1. The molecule has 150 valence electrons. The summed E-state index contributed by atoms with van der Waals surface area (Å²) in [4.78, 5) is 33.8. The van der Waals surface area contributed by atoms with Gasteiger partial charge in [0.2, 0.25) is 0 Å². The second kappa shape index (κ2) is 6.88. The number of nitrogens with zero attached hydrogens (tertiary/aromatic N) is 2. The fourth-order valence-electron chi connectivity index (χ4n) is 4.88. The summed E-state index contributed by atoms with van der Waals surface area (Å²) in [7, 11) is 2.09. The molecule has 2 N–H and O–H groups in total. The van der Waals surface area contributed by atoms with E-state index in [4.69, 9.17) is 0 Å². The van der Waals surface area contributed by atoms with Crippen LogP contribution in [0.2, 0.25) is 0 Å². The number of aryl methyl sites for hydroxylation is 1. The van der Waals surface area contributed by atoms with Gasteiger partial charge in [-0.2, -0.15) is 0 Å². The smallest absolute Gasteiger partial charge is 0.256 e. The van der Waals surface area contributed by atoms with Gasteiger partial charge in [-0.3, -0.25) is 9.59 Å². The topological polar surface area (TPSA) is 68.4 Å². The molecule has 0 spiro atoms. The number of piperazine rings is 1. The molecule has 3 aliphatic rings. The van der Waals surface area contributed by atoms with E-state index >= 15 is 0 Å². The number of para-hydroxylation sites is 1. The Labute approximate surface area is 170 Å². The van der Waals surface area contributed by atoms with Crippen LogP contribution in [0.1, 0.15) is 45.7 Å². The summed E-state index contributed by atoms with van der Waals surface area (Å²) in [5, 5.41) is 2.99. The normalized spacial score (nSPS) is 21.7. The molecule has 5 rings (SSSR count). The van der Waals surface area contributed by atoms with Gasteiger partial charge in [0.25, 0.3) is 11.8 Å². The van der Waals surface area contributed by atoms with Crippen LogP contribution in [0, 0.1) is 6.92 Å². The number of nitrogens with one attached hydrogen (secondary N) is 2. The number of aromatic nitrogens is 1. The van der Waals surface area contributed by atoms with Crippen molar-refractivity contribution >= 4 is 28.6 Å². The van der Waals surface area contributed by atoms with Crippen molar-refractivity contribution in [3.05, 3.63) is 52.3 Å². The van der Waals surface area contributed by atoms with Crippen molar-refractivity contribution in [3.63, 3.8) is 0 Å². The standard InChI is InChI=1S/C23H26N4O2/c1-14-19(23(29)27-12-10-26(2)11-13-27)16-7-5-8-17(21(16)24-14)20-15-6-3-4-9-18(15)25-22(20)28/h3-4,6,9,24H,5,7-8,10-13H2,1-2H3,(H,25,28)/b20-17-. The molecule has 1 aromatic heterocycles. The van der Waals surface area contributed by atoms with Gasteiger partial charge < -0.3 is 20.1 Å². The minimum absolute atomic E-state index is 0.0479. The number of hydrogen-bond acceptors (Lipinski definition) is 3. The molecule has 2 aliphatic heterocycles. The van der Waals surface area contributed by atoms with Crippen molar-refractivity contribution in [1.82, 2.24) is 14.8 Å². The number of carbonyl (C=O) groups is 2. The molecule has 1 aliphatic carbocycles. The zero-order valence-corrected chi connectivity index (χ0v) is 17.0. The Morgan fingerprint density at radius 1 is 1.07 bits per heavy atom. The number of benzene rings is 1. The van der Waals surface area contributed by atoms with Crippen LogP contribution in [0.5, 0.6) is 0 Å². The highest BCUT2D eigenvalue weighted by Crippen LogP contribution is 2.43. The quantitative estimate of drug-likeness (QED) is 0.736. The van der Waals surface area contributed by atoms with Gasteiger partial charge in [-0.1, -0.05) is 18.2 Å². The Bertz CT molecular complexity index is 1040. The molecule has 0 unspecified atom stereocenters. The molecule has 6 nitrogen and oxygen atoms in total. The predicted molar refractivity (Wildman–Crippen MR) is 114 cm³/mol. The van der Waals surface area contributed by atoms with Crippen molar-refractivity contribution in [1.29, 1.82) is 0 Å². The molecule has 29 heavy (non-hydrogen) atoms. The zero-order chi connectivity index (χ0) is 20.1. The van der Waals surface area contributed by atoms with Crippen LogP contribution in [-0.4, -0.2) is 59.8 Å². The van der Waals surface area contributed by atoms with Crippen molar-refractivity contribution in [2.75, 3.05) is 38.5 Å². The first-order chi connectivity index (χ1) is 14.0. The molecule has 1 aromatic carbocycles. The largest absolute Gasteiger partial charge is 0.358 e. The maximum absolute atomic E-state index is 13.3. The second-order valence-electron chi connectivity index (χ2n) is 8.28. The van der Waals surface area contributed by atoms with Gasteiger partial charge in [0.05, 0.1) is 11.1 Å². The summed E-state index contributed by atoms with van der Waals surface area (Å²) in [5.41, 5.74) is 7.39. The Hall–Kier alpha value is -2.86. The summed E-state index contributed by atoms with van der Waals surface area (Å²) in [5.74, 6) is 0.0730. The van der Waals surface area contributed by atoms with Crippen molar-refractivity contribution in [2.45, 2.75) is 26.2 Å². The first-order valence-electron chi connectivity index (χ1n) is 10.4. The van der Waals surface area contributed by atoms with E-state index in [1.165, 1.54) is 0 Å². The summed E-state index contributed by atoms with van der Waals surface area (Å²) < 4.78 is 0. The zero-order valence-electron chi connectivity index (χ0n) is 17.0. The Morgan fingerprint density at radius 2 is 1.83 bits per heavy atom. The molecule has 0 radical (unpaired) electrons. The molecule has 0 bridgehead atoms. The lowest BCUT2D eigenvalue weighted by Gasteiger charge is -2.32. The van der Waals surface area contributed by atoms with Crippen LogP contribution < -0.4 is 5.32 Å². The van der Waals surface area contributed by atoms with E-state index in [0.717, 1.165) is 90.4 Å². The monoisotopic (exact) mass is 390 g/mol. The van der Waals surface area contributed by atoms with E-state index < -0.39 is 0 Å². The Balaban J connectivity index is 1.59. The molecule has 0 saturated carbocycles. The van der Waals surface area contributed by atoms with Crippen LogP contribution in [0.3, 0.4) is 0 Å². The third kappa shape index (κ3) is 2.90. The van der Waals surface area contributed by atoms with Gasteiger partial charge in [-0.15, -0.1) is 0 Å². The number of allylic oxidation sites excluding steroid dienone is 1. The van der Waals surface area contributed by atoms with Crippen LogP contribution in [-0.2, 0) is 11.2 Å². The number of rotatable bonds is 1. The maximum Gasteiger partial charge on any atom is 0.256 e. The van der Waals surface area contributed by atoms with E-state index in [9.17, 15) is 9.59 Å². The van der Waals surface area contributed by atoms with Crippen molar-refractivity contribution in [3.8, 4) is 0 Å². The van der Waals surface area contributed by atoms with Crippen molar-refractivity contribution in [2.24, 2.45) is 0 Å². The highest BCUT2D eigenvalue weighted by molar-refractivity contribution is 6.36. The van der Waals surface area contributed by atoms with Gasteiger partial charge in [-0.25, -0.2) is 0 Å². The van der Waals surface area contributed by atoms with Gasteiger partial charge in [0, 0.05) is 48.8 Å². The fourth-order valence-corrected chi connectivity index (χ4v) is 4.88. The van der Waals surface area contributed by atoms with E-state index in [0.29, 0.717) is 0 Å². The molecule has 0 atom stereocenters. The van der Waals surface area contributed by atoms with Crippen LogP contribution >= 0.6 is 0 Å². The van der Waals surface area contributed by atoms with Crippen LogP contribution in [0.4, 0.5) is 5.69 Å². The van der Waals surface area contributed by atoms with Crippen LogP contribution in [0.25, 0.3) is 11.1 Å². The molecular formula is C23H26N4O2. The van der Waals surface area contributed by atoms with Gasteiger partial charge >= 0.3 is 0 Å². The number of hydrogen-bond donors (Lipinski definition) is 2. The predicted octanol–water partition coefficient (Wildman–Crippen LogP) is 2.91. The average Bonchev–Trinajstić information content (AvgIpc) is 3.23. The summed E-state index contributed by atoms with van der Waals surface area (Å²) in [6.07, 6.45) is 2.66. The lowest BCUT2D eigenvalue weighted by molar-refractivity contribution is -0.110. The first kappa shape index (κ1) is 18.2. The van der Waals surface area contributed by atoms with E-state index in [2.05, 4.69) is 22.2 Å². The molecule has 3 heterocycles.